The van der Waals surface area contributed by atoms with E-state index >= 15 is 0 Å². The van der Waals surface area contributed by atoms with Crippen LogP contribution in [0.25, 0.3) is 10.9 Å². The highest BCUT2D eigenvalue weighted by atomic mass is 35.5. The van der Waals surface area contributed by atoms with Gasteiger partial charge in [-0.2, -0.15) is 132 Å². The Morgan fingerprint density at radius 2 is 0.651 bits per heavy atom. The lowest BCUT2D eigenvalue weighted by molar-refractivity contribution is -0.664. The van der Waals surface area contributed by atoms with Crippen molar-refractivity contribution in [3.05, 3.63) is 230 Å². The number of halogens is 25. The maximum absolute atomic E-state index is 14.2. The number of hydrogen-bond donors (Lipinski definition) is 0. The predicted molar refractivity (Wildman–Crippen MR) is 264 cm³/mol. The maximum Gasteiger partial charge on any atom is 0.416 e. The van der Waals surface area contributed by atoms with Gasteiger partial charge < -0.3 is 0 Å². The maximum atomic E-state index is 14.2. The molecule has 0 atom stereocenters. The molecule has 3 nitrogen and oxygen atoms in total. The molecule has 0 bridgehead atoms. The lowest BCUT2D eigenvalue weighted by Crippen LogP contribution is -2.75. The summed E-state index contributed by atoms with van der Waals surface area (Å²) in [4.78, 5) is 25.7. The highest BCUT2D eigenvalue weighted by Gasteiger charge is 2.47. The molecule has 0 unspecified atom stereocenters. The van der Waals surface area contributed by atoms with Gasteiger partial charge in [0.2, 0.25) is 17.8 Å². The van der Waals surface area contributed by atoms with E-state index in [1.54, 1.807) is 24.3 Å². The molecule has 7 aromatic carbocycles. The Hall–Kier alpha value is -8.04. The largest absolute Gasteiger partial charge is 0.416 e. The molecule has 454 valence electrons. The van der Waals surface area contributed by atoms with Crippen LogP contribution in [-0.2, 0) is 62.4 Å². The van der Waals surface area contributed by atoms with Gasteiger partial charge in [0.05, 0.1) is 50.9 Å². The second kappa shape index (κ2) is 23.3. The molecule has 0 saturated carbocycles. The molecule has 0 radical (unpaired) electrons. The summed E-state index contributed by atoms with van der Waals surface area (Å²) in [7, 11) is 0. The molecule has 0 N–H and O–H groups in total. The van der Waals surface area contributed by atoms with Crippen molar-refractivity contribution < 1.29 is 120 Å². The minimum absolute atomic E-state index is 0.00316. The molecule has 1 aromatic heterocycles. The fourth-order valence-electron chi connectivity index (χ4n) is 9.50. The summed E-state index contributed by atoms with van der Waals surface area (Å²) in [6.45, 7) is 0.170. The number of alkyl halides is 24. The van der Waals surface area contributed by atoms with Crippen LogP contribution >= 0.6 is 11.6 Å². The molecule has 86 heavy (non-hydrogen) atoms. The highest BCUT2D eigenvalue weighted by Crippen LogP contribution is 2.42. The van der Waals surface area contributed by atoms with Gasteiger partial charge in [-0.05, 0) is 48.5 Å². The van der Waals surface area contributed by atoms with Gasteiger partial charge in [-0.1, -0.05) is 115 Å². The van der Waals surface area contributed by atoms with E-state index in [1.165, 1.54) is 0 Å². The smallest absolute Gasteiger partial charge is 0.294 e. The highest BCUT2D eigenvalue weighted by molar-refractivity contribution is 7.20. The average molecular weight is 1260 g/mol. The molecule has 0 amide bonds. The first-order chi connectivity index (χ1) is 39.4. The van der Waals surface area contributed by atoms with Crippen LogP contribution < -0.4 is 26.4 Å². The van der Waals surface area contributed by atoms with E-state index in [0.717, 1.165) is 16.6 Å². The number of para-hydroxylation sites is 1. The van der Waals surface area contributed by atoms with E-state index in [2.05, 4.69) is 0 Å². The Labute approximate surface area is 473 Å². The van der Waals surface area contributed by atoms with Gasteiger partial charge in [0.15, 0.2) is 11.5 Å². The third-order valence-corrected chi connectivity index (χ3v) is 13.6. The van der Waals surface area contributed by atoms with E-state index in [9.17, 15) is 115 Å². The Morgan fingerprint density at radius 1 is 0.337 bits per heavy atom. The van der Waals surface area contributed by atoms with Gasteiger partial charge in [-0.3, -0.25) is 9.59 Å². The Morgan fingerprint density at radius 3 is 0.977 bits per heavy atom. The number of carbonyl (C=O) groups excluding carboxylic acids is 2. The second-order valence-electron chi connectivity index (χ2n) is 19.1. The fourth-order valence-corrected chi connectivity index (χ4v) is 9.69. The van der Waals surface area contributed by atoms with Crippen molar-refractivity contribution in [1.82, 2.24) is 0 Å². The summed E-state index contributed by atoms with van der Waals surface area (Å²) in [5, 5.41) is 1.55. The summed E-state index contributed by atoms with van der Waals surface area (Å²) in [5.41, 5.74) is -27.3. The SMILES string of the molecule is FC(F)(F)c1cc([B-](c2cc(C(F)(F)F)cc(C(F)(F)F)c2)(c2cc(C(F)(F)F)cc(C(F)(F)F)c2)c2cc(C(F)(F)F)cc(C(F)(F)F)c2)cc(C(F)(F)F)c1.O=C(Cc1ccc2ccccc2[n+]1CC(=O)c1ccccc1)c1cccc(Cl)c1. The first-order valence-electron chi connectivity index (χ1n) is 24.0. The van der Waals surface area contributed by atoms with Gasteiger partial charge in [0.1, 0.15) is 6.15 Å². The van der Waals surface area contributed by atoms with Gasteiger partial charge in [0.25, 0.3) is 0 Å². The lowest BCUT2D eigenvalue weighted by Gasteiger charge is -2.46. The van der Waals surface area contributed by atoms with Crippen molar-refractivity contribution in [2.75, 3.05) is 0 Å². The zero-order chi connectivity index (χ0) is 64.1. The number of carbonyl (C=O) groups is 2. The topological polar surface area (TPSA) is 38.0 Å². The van der Waals surface area contributed by atoms with Crippen molar-refractivity contribution >= 4 is 62.1 Å². The van der Waals surface area contributed by atoms with Crippen LogP contribution in [0.4, 0.5) is 105 Å². The van der Waals surface area contributed by atoms with Gasteiger partial charge >= 0.3 is 49.4 Å². The molecule has 8 aromatic rings. The molecule has 1 heterocycles. The molecular formula is C57H31BClF24NO2. The van der Waals surface area contributed by atoms with Crippen molar-refractivity contribution in [2.45, 2.75) is 62.4 Å². The number of aromatic nitrogens is 1. The number of hydrogen-bond acceptors (Lipinski definition) is 2. The molecule has 0 spiro atoms. The van der Waals surface area contributed by atoms with Crippen molar-refractivity contribution in [1.29, 1.82) is 0 Å². The summed E-state index contributed by atoms with van der Waals surface area (Å²) in [5.74, 6) is -0.0351. The zero-order valence-corrected chi connectivity index (χ0v) is 43.0. The standard InChI is InChI=1S/C32H12BF24.C25H19ClNO2/c34-25(35,36)13-1-14(26(37,38)39)6-21(5-13)33(22-7-15(27(40,41)42)2-16(8-22)28(43,44)45,23-9-17(29(46,47)48)3-18(10-23)30(49,50)51)24-11-19(31(52,53)54)4-20(12-24)32(55,56)57;26-21-11-6-10-20(15-21)24(28)16-22-14-13-18-7-4-5-12-23(18)27(22)17-25(29)19-8-2-1-3-9-19/h1-12H;1-15H,16-17H2/q-1;+1. The molecule has 0 aliphatic rings. The van der Waals surface area contributed by atoms with Crippen LogP contribution in [-0.4, -0.2) is 17.7 Å². The second-order valence-corrected chi connectivity index (χ2v) is 19.5. The number of nitrogens with zero attached hydrogens (tertiary/aromatic N) is 1. The minimum Gasteiger partial charge on any atom is -0.294 e. The van der Waals surface area contributed by atoms with E-state index in [-0.39, 0.29) is 24.5 Å². The Balaban J connectivity index is 0.000000302. The van der Waals surface area contributed by atoms with Crippen molar-refractivity contribution in [2.24, 2.45) is 0 Å². The third-order valence-electron chi connectivity index (χ3n) is 13.4. The van der Waals surface area contributed by atoms with E-state index < -0.39 is 195 Å². The number of pyridine rings is 1. The molecule has 29 heteroatoms. The van der Waals surface area contributed by atoms with Gasteiger partial charge in [-0.15, -0.1) is 0 Å². The van der Waals surface area contributed by atoms with Crippen LogP contribution in [0.5, 0.6) is 0 Å². The number of benzene rings is 7. The monoisotopic (exact) mass is 1260 g/mol. The van der Waals surface area contributed by atoms with E-state index in [0.29, 0.717) is 16.1 Å². The molecular weight excluding hydrogens is 1230 g/mol. The molecule has 0 fully saturated rings. The summed E-state index contributed by atoms with van der Waals surface area (Å²) >= 11 is 6.04. The first-order valence-corrected chi connectivity index (χ1v) is 24.4. The first kappa shape index (κ1) is 65.5. The number of ketones is 2. The number of Topliss-reactive ketones (excluding diaryl/α,β-unsaturated/α-hetero) is 2. The van der Waals surface area contributed by atoms with Crippen LogP contribution in [0.15, 0.2) is 164 Å². The van der Waals surface area contributed by atoms with E-state index in [4.69, 9.17) is 11.6 Å². The third kappa shape index (κ3) is 14.8. The average Bonchev–Trinajstić information content (AvgIpc) is 0.721. The fraction of sp³-hybridized carbons (Fsp3) is 0.175. The Bertz CT molecular complexity index is 3400. The Kier molecular flexibility index (Phi) is 17.8. The lowest BCUT2D eigenvalue weighted by atomic mass is 9.12. The normalized spacial score (nSPS) is 13.1. The number of fused-ring (bicyclic) bond motifs is 1. The summed E-state index contributed by atoms with van der Waals surface area (Å²) < 4.78 is 343. The molecule has 0 aliphatic carbocycles. The molecule has 8 rings (SSSR count). The summed E-state index contributed by atoms with van der Waals surface area (Å²) in [6.07, 6.45) is -54.6. The predicted octanol–water partition coefficient (Wildman–Crippen LogP) is 16.3. The van der Waals surface area contributed by atoms with Gasteiger partial charge in [0, 0.05) is 33.7 Å². The zero-order valence-electron chi connectivity index (χ0n) is 42.3. The van der Waals surface area contributed by atoms with E-state index in [1.807, 2.05) is 71.3 Å². The molecule has 0 saturated heterocycles. The van der Waals surface area contributed by atoms with Crippen LogP contribution in [0, 0.1) is 0 Å². The van der Waals surface area contributed by atoms with Gasteiger partial charge in [-0.25, -0.2) is 0 Å². The van der Waals surface area contributed by atoms with Crippen LogP contribution in [0.1, 0.15) is 70.9 Å². The van der Waals surface area contributed by atoms with Crippen molar-refractivity contribution in [3.63, 3.8) is 0 Å². The number of rotatable bonds is 10. The quantitative estimate of drug-likeness (QED) is 0.0592. The van der Waals surface area contributed by atoms with Crippen LogP contribution in [0.3, 0.4) is 0 Å². The van der Waals surface area contributed by atoms with Crippen LogP contribution in [0.2, 0.25) is 5.02 Å². The summed E-state index contributed by atoms with van der Waals surface area (Å²) in [6, 6.07) is 19.1. The molecule has 0 aliphatic heterocycles. The minimum atomic E-state index is -6.13. The van der Waals surface area contributed by atoms with Crippen molar-refractivity contribution in [3.8, 4) is 0 Å².